The first-order valence-corrected chi connectivity index (χ1v) is 47.8. The molecular formula is C103H109N33O10. The molecule has 43 nitrogen and oxygen atoms in total. The van der Waals surface area contributed by atoms with Gasteiger partial charge in [-0.15, -0.1) is 20.4 Å². The van der Waals surface area contributed by atoms with Gasteiger partial charge in [0.05, 0.1) is 183 Å². The molecule has 0 amide bonds. The highest BCUT2D eigenvalue weighted by Gasteiger charge is 2.69. The van der Waals surface area contributed by atoms with Crippen molar-refractivity contribution in [1.29, 1.82) is 0 Å². The second-order valence-corrected chi connectivity index (χ2v) is 34.7. The van der Waals surface area contributed by atoms with Crippen molar-refractivity contribution in [3.63, 3.8) is 0 Å². The molecule has 0 spiro atoms. The minimum absolute atomic E-state index is 0.267. The highest BCUT2D eigenvalue weighted by atomic mass is 16.5. The molecule has 4 saturated carbocycles. The summed E-state index contributed by atoms with van der Waals surface area (Å²) >= 11 is 0. The summed E-state index contributed by atoms with van der Waals surface area (Å²) in [5, 5.41) is 60.4. The van der Waals surface area contributed by atoms with Crippen molar-refractivity contribution < 1.29 is 47.4 Å². The van der Waals surface area contributed by atoms with E-state index in [1.807, 2.05) is 116 Å². The summed E-state index contributed by atoms with van der Waals surface area (Å²) in [6.45, 7) is 12.0. The molecule has 4 heterocycles. The first-order valence-electron chi connectivity index (χ1n) is 47.8. The molecule has 8 aromatic carbocycles. The molecule has 4 aromatic heterocycles. The quantitative estimate of drug-likeness (QED) is 0.0112. The molecule has 4 fully saturated rings. The second-order valence-electron chi connectivity index (χ2n) is 34.7. The van der Waals surface area contributed by atoms with Gasteiger partial charge in [0, 0.05) is 136 Å². The summed E-state index contributed by atoms with van der Waals surface area (Å²) in [6, 6.07) is 65.6. The third kappa shape index (κ3) is 31.6. The van der Waals surface area contributed by atoms with E-state index >= 15 is 0 Å². The molecule has 146 heavy (non-hydrogen) atoms. The molecule has 0 radical (unpaired) electrons. The van der Waals surface area contributed by atoms with Crippen LogP contribution < -0.4 is 0 Å². The Bertz CT molecular complexity index is 6010. The molecule has 0 aliphatic heterocycles. The molecule has 746 valence electrons. The predicted octanol–water partition coefficient (Wildman–Crippen LogP) is 18.9. The molecular weight excluding hydrogens is 1860 g/mol. The van der Waals surface area contributed by atoms with Crippen LogP contribution in [0.2, 0.25) is 0 Å². The SMILES string of the molecule is [N-]=[N+]=NCCOCCOCc1ccc(C#Cc2cc(C#Cc3ccc(COCCOCCN=[N+]=[N-])cc3)cc(C#Cc3ccc(COCCOCCN=[N+]=[N-])cc3)c2)cc1.[N-]=[N+]=NCCOCCn1cc(-c2ccc(C34CC5(c6ccc(-c7cn(CCOCCN=[N+]=[N-])nn7)cc6)CC(c6ccc(-c7cn(CCOCCN=[N+]=[N-])nn7)cc6)(C3)CC(c3ccc(-c6cn(CCOCCN=[N+]=[N-])nn6)cc3)(C4)C5)cc2)nn1. The fourth-order valence-electron chi connectivity index (χ4n) is 18.7. The van der Waals surface area contributed by atoms with E-state index in [2.05, 4.69) is 244 Å². The number of ether oxygens (including phenoxy) is 10. The highest BCUT2D eigenvalue weighted by Crippen LogP contribution is 2.75. The summed E-state index contributed by atoms with van der Waals surface area (Å²) < 4.78 is 62.8. The first-order chi connectivity index (χ1) is 71.9. The van der Waals surface area contributed by atoms with Crippen LogP contribution in [0.3, 0.4) is 0 Å². The van der Waals surface area contributed by atoms with Gasteiger partial charge in [-0.1, -0.05) is 226 Å². The number of benzene rings is 8. The third-order valence-electron chi connectivity index (χ3n) is 24.8. The van der Waals surface area contributed by atoms with Crippen LogP contribution in [-0.4, -0.2) is 218 Å². The van der Waals surface area contributed by atoms with Crippen molar-refractivity contribution in [2.45, 2.75) is 106 Å². The highest BCUT2D eigenvalue weighted by molar-refractivity contribution is 5.65. The number of rotatable bonds is 56. The zero-order valence-corrected chi connectivity index (χ0v) is 80.7. The maximum atomic E-state index is 8.61. The lowest BCUT2D eigenvalue weighted by Crippen LogP contribution is -2.67. The summed E-state index contributed by atoms with van der Waals surface area (Å²) in [5.41, 5.74) is 78.4. The van der Waals surface area contributed by atoms with E-state index in [9.17, 15) is 0 Å². The van der Waals surface area contributed by atoms with E-state index in [4.69, 9.17) is 86.1 Å². The monoisotopic (exact) mass is 1970 g/mol. The first kappa shape index (κ1) is 106. The molecule has 12 aromatic rings. The number of hydrogen-bond donors (Lipinski definition) is 0. The van der Waals surface area contributed by atoms with Gasteiger partial charge in [-0.3, -0.25) is 0 Å². The Morgan fingerprint density at radius 1 is 0.233 bits per heavy atom. The lowest BCUT2D eigenvalue weighted by atomic mass is 9.32. The van der Waals surface area contributed by atoms with Gasteiger partial charge in [0.25, 0.3) is 0 Å². The van der Waals surface area contributed by atoms with Crippen LogP contribution in [0.15, 0.2) is 249 Å². The van der Waals surface area contributed by atoms with Crippen molar-refractivity contribution >= 4 is 0 Å². The molecule has 4 aliphatic rings. The summed E-state index contributed by atoms with van der Waals surface area (Å²) in [6.07, 6.45) is 13.4. The zero-order valence-electron chi connectivity index (χ0n) is 80.7. The van der Waals surface area contributed by atoms with Crippen LogP contribution in [0.5, 0.6) is 0 Å². The van der Waals surface area contributed by atoms with E-state index in [0.717, 1.165) is 134 Å². The summed E-state index contributed by atoms with van der Waals surface area (Å²) in [5.74, 6) is 19.6. The number of aromatic nitrogens is 12. The van der Waals surface area contributed by atoms with Crippen molar-refractivity contribution in [3.05, 3.63) is 358 Å². The normalized spacial score (nSPS) is 15.9. The smallest absolute Gasteiger partial charge is 0.113 e. The van der Waals surface area contributed by atoms with Crippen LogP contribution in [0.25, 0.3) is 118 Å². The maximum absolute atomic E-state index is 8.61. The molecule has 0 saturated heterocycles. The topological polar surface area (TPSA) is 556 Å². The fraction of sp³-hybridized carbons (Fsp3) is 0.398. The Labute approximate surface area is 841 Å². The van der Waals surface area contributed by atoms with Gasteiger partial charge in [0.2, 0.25) is 0 Å². The minimum atomic E-state index is -0.267. The molecule has 0 unspecified atom stereocenters. The Morgan fingerprint density at radius 2 is 0.425 bits per heavy atom. The van der Waals surface area contributed by atoms with Gasteiger partial charge in [-0.25, -0.2) is 18.7 Å². The Hall–Kier alpha value is -16.2. The van der Waals surface area contributed by atoms with E-state index in [0.29, 0.717) is 178 Å². The van der Waals surface area contributed by atoms with E-state index in [1.165, 1.54) is 22.3 Å². The predicted molar refractivity (Wildman–Crippen MR) is 543 cm³/mol. The number of nitrogens with zero attached hydrogens (tertiary/aromatic N) is 33. The van der Waals surface area contributed by atoms with E-state index in [1.54, 1.807) is 18.7 Å². The molecule has 16 rings (SSSR count). The van der Waals surface area contributed by atoms with Gasteiger partial charge in [0.1, 0.15) is 22.8 Å². The van der Waals surface area contributed by atoms with Crippen LogP contribution in [0, 0.1) is 35.5 Å². The Kier molecular flexibility index (Phi) is 40.9. The lowest BCUT2D eigenvalue weighted by molar-refractivity contribution is -0.0691. The van der Waals surface area contributed by atoms with Gasteiger partial charge < -0.3 is 47.4 Å². The molecule has 4 aliphatic carbocycles. The summed E-state index contributed by atoms with van der Waals surface area (Å²) in [4.78, 5) is 19.3. The van der Waals surface area contributed by atoms with Crippen molar-refractivity contribution in [2.24, 2.45) is 35.8 Å². The van der Waals surface area contributed by atoms with Crippen molar-refractivity contribution in [1.82, 2.24) is 60.0 Å². The average molecular weight is 1970 g/mol. The molecule has 4 bridgehead atoms. The van der Waals surface area contributed by atoms with Crippen LogP contribution in [-0.2, 0) is 115 Å². The lowest BCUT2D eigenvalue weighted by Gasteiger charge is -2.71. The van der Waals surface area contributed by atoms with Crippen molar-refractivity contribution in [2.75, 3.05) is 158 Å². The number of azide groups is 7. The van der Waals surface area contributed by atoms with Gasteiger partial charge in [0.15, 0.2) is 0 Å². The van der Waals surface area contributed by atoms with Crippen molar-refractivity contribution in [3.8, 4) is 80.6 Å². The molecule has 0 N–H and O–H groups in total. The standard InChI is InChI=1S/C58H64N24O4.C45H45N9O6/c59-71-63-17-25-83-29-21-79-33-51(67-75-79)43-1-9-47(10-2-43)55-37-56(48-11-3-44(4-12-48)52-34-80(76-68-52)22-30-84-26-18-64-72-60)40-57(38-55,49-13-5-45(6-14-49)53-35-81(77-69-53)23-31-85-27-19-65-73-61)42-58(39-55,41-56)50-15-7-46(8-16-50)54-36-82(78-70-54)24-32-86-28-20-66-74-62;46-52-49-19-22-55-25-28-58-34-40-10-1-37(2-11-40)7-16-43-31-44(17-8-38-3-12-41(13-4-38)35-59-29-26-56-23-20-50-53-47)33-45(32-43)18-9-39-5-14-42(15-6-39)36-60-30-27-57-24-21-51-54-48/h1-16,33-36H,17-32,37-42H2;1-6,10-15,31-33H,19-30,34-36H2. The van der Waals surface area contributed by atoms with Gasteiger partial charge in [-0.2, -0.15) is 0 Å². The second kappa shape index (κ2) is 56.6. The molecule has 0 atom stereocenters. The average Bonchev–Trinajstić information content (AvgIpc) is 0.718. The minimum Gasteiger partial charge on any atom is -0.379 e. The fourth-order valence-corrected chi connectivity index (χ4v) is 18.7. The van der Waals surface area contributed by atoms with Gasteiger partial charge in [-0.05, 0) is 192 Å². The van der Waals surface area contributed by atoms with Crippen LogP contribution in [0.4, 0.5) is 0 Å². The van der Waals surface area contributed by atoms with Gasteiger partial charge >= 0.3 is 0 Å². The van der Waals surface area contributed by atoms with Crippen LogP contribution >= 0.6 is 0 Å². The third-order valence-corrected chi connectivity index (χ3v) is 24.8. The zero-order chi connectivity index (χ0) is 101. The Balaban J connectivity index is 0.000000247. The largest absolute Gasteiger partial charge is 0.379 e. The van der Waals surface area contributed by atoms with Crippen LogP contribution in [0.1, 0.15) is 111 Å². The molecule has 43 heteroatoms. The maximum Gasteiger partial charge on any atom is 0.113 e. The summed E-state index contributed by atoms with van der Waals surface area (Å²) in [7, 11) is 0. The Morgan fingerprint density at radius 3 is 0.630 bits per heavy atom. The number of hydrogen-bond acceptors (Lipinski definition) is 25. The van der Waals surface area contributed by atoms with E-state index in [-0.39, 0.29) is 47.8 Å². The van der Waals surface area contributed by atoms with E-state index < -0.39 is 0 Å².